The molecule has 0 heterocycles. The number of nitrogens with zero attached hydrogens (tertiary/aromatic N) is 1. The largest absolute Gasteiger partial charge is 0.480 e. The van der Waals surface area contributed by atoms with Crippen molar-refractivity contribution in [3.05, 3.63) is 0 Å². The highest BCUT2D eigenvalue weighted by molar-refractivity contribution is 5.78. The molecule has 0 bridgehead atoms. The van der Waals surface area contributed by atoms with Crippen LogP contribution in [-0.2, 0) is 9.53 Å². The number of carboxylic acids is 1. The van der Waals surface area contributed by atoms with Gasteiger partial charge in [-0.2, -0.15) is 0 Å². The normalized spacial score (nSPS) is 15.1. The van der Waals surface area contributed by atoms with E-state index in [1.54, 1.807) is 14.0 Å². The molecule has 0 aliphatic rings. The van der Waals surface area contributed by atoms with E-state index in [4.69, 9.17) is 9.84 Å². The van der Waals surface area contributed by atoms with Gasteiger partial charge in [0.2, 0.25) is 0 Å². The Morgan fingerprint density at radius 1 is 1.56 bits per heavy atom. The van der Waals surface area contributed by atoms with Gasteiger partial charge in [0.1, 0.15) is 5.54 Å². The molecule has 0 spiro atoms. The summed E-state index contributed by atoms with van der Waals surface area (Å²) < 4.78 is 4.92. The summed E-state index contributed by atoms with van der Waals surface area (Å²) >= 11 is 0. The minimum Gasteiger partial charge on any atom is -0.480 e. The molecule has 1 unspecified atom stereocenters. The van der Waals surface area contributed by atoms with Gasteiger partial charge >= 0.3 is 5.97 Å². The standard InChI is InChI=1S/C11H24N2O3/c1-5-13(3)8-7-12-11(2,10(14)15)6-9-16-4/h12H,5-9H2,1-4H3,(H,14,15). The van der Waals surface area contributed by atoms with Crippen molar-refractivity contribution in [1.82, 2.24) is 10.2 Å². The van der Waals surface area contributed by atoms with E-state index < -0.39 is 11.5 Å². The second-order valence-electron chi connectivity index (χ2n) is 4.20. The fourth-order valence-corrected chi connectivity index (χ4v) is 1.26. The van der Waals surface area contributed by atoms with Crippen molar-refractivity contribution < 1.29 is 14.6 Å². The van der Waals surface area contributed by atoms with Gasteiger partial charge in [-0.15, -0.1) is 0 Å². The number of aliphatic carboxylic acids is 1. The Hall–Kier alpha value is -0.650. The number of rotatable bonds is 9. The molecule has 0 aromatic carbocycles. The Morgan fingerprint density at radius 3 is 2.62 bits per heavy atom. The molecule has 5 nitrogen and oxygen atoms in total. The molecule has 0 aliphatic carbocycles. The molecule has 0 amide bonds. The summed E-state index contributed by atoms with van der Waals surface area (Å²) in [5.74, 6) is -0.830. The zero-order chi connectivity index (χ0) is 12.6. The fraction of sp³-hybridized carbons (Fsp3) is 0.909. The number of ether oxygens (including phenoxy) is 1. The summed E-state index contributed by atoms with van der Waals surface area (Å²) in [6, 6.07) is 0. The molecule has 0 aliphatic heterocycles. The van der Waals surface area contributed by atoms with Crippen LogP contribution in [0.1, 0.15) is 20.3 Å². The number of likely N-dealkylation sites (N-methyl/N-ethyl adjacent to an activating group) is 1. The van der Waals surface area contributed by atoms with E-state index in [0.29, 0.717) is 19.6 Å². The van der Waals surface area contributed by atoms with Gasteiger partial charge in [0.15, 0.2) is 0 Å². The average molecular weight is 232 g/mol. The van der Waals surface area contributed by atoms with E-state index in [1.165, 1.54) is 0 Å². The van der Waals surface area contributed by atoms with Gasteiger partial charge < -0.3 is 20.1 Å². The molecule has 0 rings (SSSR count). The van der Waals surface area contributed by atoms with Gasteiger partial charge in [0.25, 0.3) is 0 Å². The highest BCUT2D eigenvalue weighted by Crippen LogP contribution is 2.09. The summed E-state index contributed by atoms with van der Waals surface area (Å²) in [7, 11) is 3.59. The molecule has 2 N–H and O–H groups in total. The third-order valence-electron chi connectivity index (χ3n) is 2.83. The molecule has 0 aromatic rings. The van der Waals surface area contributed by atoms with Gasteiger partial charge in [-0.3, -0.25) is 4.79 Å². The van der Waals surface area contributed by atoms with Crippen molar-refractivity contribution in [2.45, 2.75) is 25.8 Å². The minimum atomic E-state index is -0.898. The molecule has 5 heteroatoms. The molecule has 96 valence electrons. The van der Waals surface area contributed by atoms with Crippen molar-refractivity contribution >= 4 is 5.97 Å². The van der Waals surface area contributed by atoms with Crippen LogP contribution in [0.4, 0.5) is 0 Å². The Labute approximate surface area is 97.8 Å². The molecule has 0 fully saturated rings. The van der Waals surface area contributed by atoms with Crippen molar-refractivity contribution in [2.75, 3.05) is 40.4 Å². The van der Waals surface area contributed by atoms with Crippen LogP contribution < -0.4 is 5.32 Å². The highest BCUT2D eigenvalue weighted by atomic mass is 16.5. The number of methoxy groups -OCH3 is 1. The van der Waals surface area contributed by atoms with E-state index in [1.807, 2.05) is 7.05 Å². The summed E-state index contributed by atoms with van der Waals surface area (Å²) in [4.78, 5) is 13.3. The van der Waals surface area contributed by atoms with E-state index >= 15 is 0 Å². The third-order valence-corrected chi connectivity index (χ3v) is 2.83. The molecule has 1 atom stereocenters. The first-order valence-electron chi connectivity index (χ1n) is 5.62. The summed E-state index contributed by atoms with van der Waals surface area (Å²) in [5.41, 5.74) is -0.898. The molecular weight excluding hydrogens is 208 g/mol. The first kappa shape index (κ1) is 15.3. The number of hydrogen-bond donors (Lipinski definition) is 2. The van der Waals surface area contributed by atoms with Crippen LogP contribution in [0, 0.1) is 0 Å². The molecule has 0 saturated carbocycles. The minimum absolute atomic E-state index is 0.444. The van der Waals surface area contributed by atoms with Gasteiger partial charge in [0, 0.05) is 26.8 Å². The molecular formula is C11H24N2O3. The lowest BCUT2D eigenvalue weighted by Gasteiger charge is -2.27. The fourth-order valence-electron chi connectivity index (χ4n) is 1.26. The van der Waals surface area contributed by atoms with Crippen LogP contribution >= 0.6 is 0 Å². The van der Waals surface area contributed by atoms with Crippen LogP contribution in [-0.4, -0.2) is 61.9 Å². The predicted molar refractivity (Wildman–Crippen MR) is 63.7 cm³/mol. The van der Waals surface area contributed by atoms with Gasteiger partial charge in [0.05, 0.1) is 0 Å². The van der Waals surface area contributed by atoms with E-state index in [-0.39, 0.29) is 0 Å². The SMILES string of the molecule is CCN(C)CCNC(C)(CCOC)C(=O)O. The molecule has 0 saturated heterocycles. The van der Waals surface area contributed by atoms with Crippen LogP contribution in [0.3, 0.4) is 0 Å². The lowest BCUT2D eigenvalue weighted by molar-refractivity contribution is -0.145. The Bertz CT molecular complexity index is 211. The summed E-state index contributed by atoms with van der Waals surface area (Å²) in [5, 5.41) is 12.2. The summed E-state index contributed by atoms with van der Waals surface area (Å²) in [6.45, 7) is 6.67. The Kier molecular flexibility index (Phi) is 7.29. The summed E-state index contributed by atoms with van der Waals surface area (Å²) in [6.07, 6.45) is 0.467. The van der Waals surface area contributed by atoms with Crippen molar-refractivity contribution in [2.24, 2.45) is 0 Å². The van der Waals surface area contributed by atoms with Gasteiger partial charge in [-0.1, -0.05) is 6.92 Å². The second kappa shape index (κ2) is 7.60. The van der Waals surface area contributed by atoms with Crippen LogP contribution in [0.25, 0.3) is 0 Å². The predicted octanol–water partition coefficient (Wildman–Crippen LogP) is 0.408. The quantitative estimate of drug-likeness (QED) is 0.603. The lowest BCUT2D eigenvalue weighted by Crippen LogP contribution is -2.52. The maximum Gasteiger partial charge on any atom is 0.323 e. The van der Waals surface area contributed by atoms with Crippen molar-refractivity contribution in [1.29, 1.82) is 0 Å². The topological polar surface area (TPSA) is 61.8 Å². The zero-order valence-electron chi connectivity index (χ0n) is 10.7. The Balaban J connectivity index is 4.07. The molecule has 16 heavy (non-hydrogen) atoms. The molecule has 0 aromatic heterocycles. The number of carbonyl (C=O) groups is 1. The van der Waals surface area contributed by atoms with Crippen LogP contribution in [0.2, 0.25) is 0 Å². The maximum absolute atomic E-state index is 11.1. The maximum atomic E-state index is 11.1. The third kappa shape index (κ3) is 5.44. The monoisotopic (exact) mass is 232 g/mol. The lowest BCUT2D eigenvalue weighted by atomic mass is 9.98. The number of hydrogen-bond acceptors (Lipinski definition) is 4. The average Bonchev–Trinajstić information content (AvgIpc) is 2.25. The van der Waals surface area contributed by atoms with Crippen LogP contribution in [0.15, 0.2) is 0 Å². The molecule has 0 radical (unpaired) electrons. The Morgan fingerprint density at radius 2 is 2.19 bits per heavy atom. The second-order valence-corrected chi connectivity index (χ2v) is 4.20. The van der Waals surface area contributed by atoms with Crippen molar-refractivity contribution in [3.8, 4) is 0 Å². The van der Waals surface area contributed by atoms with Gasteiger partial charge in [-0.05, 0) is 26.9 Å². The number of nitrogens with one attached hydrogen (secondary N) is 1. The van der Waals surface area contributed by atoms with E-state index in [9.17, 15) is 4.79 Å². The first-order chi connectivity index (χ1) is 7.46. The van der Waals surface area contributed by atoms with Crippen molar-refractivity contribution in [3.63, 3.8) is 0 Å². The van der Waals surface area contributed by atoms with Gasteiger partial charge in [-0.25, -0.2) is 0 Å². The van der Waals surface area contributed by atoms with E-state index in [2.05, 4.69) is 17.1 Å². The van der Waals surface area contributed by atoms with E-state index in [0.717, 1.165) is 13.1 Å². The number of carboxylic acid groups (broad SMARTS) is 1. The zero-order valence-corrected chi connectivity index (χ0v) is 10.7. The highest BCUT2D eigenvalue weighted by Gasteiger charge is 2.31. The first-order valence-corrected chi connectivity index (χ1v) is 5.62. The van der Waals surface area contributed by atoms with Crippen LogP contribution in [0.5, 0.6) is 0 Å². The smallest absolute Gasteiger partial charge is 0.323 e.